The van der Waals surface area contributed by atoms with Crippen molar-refractivity contribution < 1.29 is 9.13 Å². The molecule has 18 heavy (non-hydrogen) atoms. The third-order valence-electron chi connectivity index (χ3n) is 3.95. The van der Waals surface area contributed by atoms with E-state index in [0.29, 0.717) is 23.5 Å². The van der Waals surface area contributed by atoms with Crippen LogP contribution in [0.15, 0.2) is 18.3 Å². The number of ether oxygens (including phenoxy) is 1. The van der Waals surface area contributed by atoms with Gasteiger partial charge in [0, 0.05) is 12.3 Å². The Kier molecular flexibility index (Phi) is 4.20. The molecule has 0 bridgehead atoms. The Hall–Kier alpha value is -1.12. The van der Waals surface area contributed by atoms with Crippen LogP contribution in [0, 0.1) is 23.7 Å². The van der Waals surface area contributed by atoms with Gasteiger partial charge in [-0.3, -0.25) is 0 Å². The van der Waals surface area contributed by atoms with E-state index in [9.17, 15) is 4.39 Å². The van der Waals surface area contributed by atoms with Gasteiger partial charge in [-0.25, -0.2) is 4.98 Å². The zero-order valence-corrected chi connectivity index (χ0v) is 11.4. The third-order valence-corrected chi connectivity index (χ3v) is 3.95. The van der Waals surface area contributed by atoms with Crippen molar-refractivity contribution in [3.05, 3.63) is 24.3 Å². The highest BCUT2D eigenvalue weighted by Gasteiger charge is 2.32. The summed E-state index contributed by atoms with van der Waals surface area (Å²) in [7, 11) is 0. The predicted molar refractivity (Wildman–Crippen MR) is 70.0 cm³/mol. The van der Waals surface area contributed by atoms with Crippen molar-refractivity contribution in [1.29, 1.82) is 0 Å². The lowest BCUT2D eigenvalue weighted by molar-refractivity contribution is 0.0457. The van der Waals surface area contributed by atoms with Gasteiger partial charge in [-0.15, -0.1) is 0 Å². The quantitative estimate of drug-likeness (QED) is 0.756. The van der Waals surface area contributed by atoms with E-state index in [4.69, 9.17) is 4.74 Å². The smallest absolute Gasteiger partial charge is 0.216 e. The lowest BCUT2D eigenvalue weighted by Gasteiger charge is -2.37. The van der Waals surface area contributed by atoms with Crippen LogP contribution in [0.4, 0.5) is 4.39 Å². The van der Waals surface area contributed by atoms with Crippen LogP contribution >= 0.6 is 0 Å². The van der Waals surface area contributed by atoms with E-state index < -0.39 is 5.95 Å². The number of pyridine rings is 1. The second kappa shape index (κ2) is 5.68. The van der Waals surface area contributed by atoms with Crippen molar-refractivity contribution in [2.24, 2.45) is 17.8 Å². The van der Waals surface area contributed by atoms with E-state index in [0.717, 1.165) is 6.42 Å². The van der Waals surface area contributed by atoms with Crippen LogP contribution in [0.1, 0.15) is 40.0 Å². The summed E-state index contributed by atoms with van der Waals surface area (Å²) in [6.45, 7) is 6.74. The van der Waals surface area contributed by atoms with E-state index in [1.807, 2.05) is 0 Å². The van der Waals surface area contributed by atoms with Crippen LogP contribution in [0.5, 0.6) is 5.75 Å². The van der Waals surface area contributed by atoms with Gasteiger partial charge < -0.3 is 4.74 Å². The van der Waals surface area contributed by atoms with Crippen LogP contribution in [0.2, 0.25) is 0 Å². The summed E-state index contributed by atoms with van der Waals surface area (Å²) in [6, 6.07) is 3.11. The fourth-order valence-electron chi connectivity index (χ4n) is 2.88. The molecular weight excluding hydrogens is 229 g/mol. The first-order valence-corrected chi connectivity index (χ1v) is 6.84. The van der Waals surface area contributed by atoms with Gasteiger partial charge >= 0.3 is 0 Å². The lowest BCUT2D eigenvalue weighted by atomic mass is 9.75. The topological polar surface area (TPSA) is 22.1 Å². The molecule has 1 aliphatic rings. The number of halogens is 1. The predicted octanol–water partition coefficient (Wildman–Crippen LogP) is 4.06. The molecule has 1 aromatic rings. The normalized spacial score (nSPS) is 28.4. The molecular formula is C15H22FNO. The number of nitrogens with zero attached hydrogens (tertiary/aromatic N) is 1. The Morgan fingerprint density at radius 1 is 1.39 bits per heavy atom. The van der Waals surface area contributed by atoms with Crippen molar-refractivity contribution >= 4 is 0 Å². The first kappa shape index (κ1) is 13.3. The standard InChI is InChI=1S/C15H22FNO/c1-10(2)13-5-4-11(3)8-14(13)18-12-6-7-17-15(16)9-12/h6-7,9-11,13-14H,4-5,8H2,1-3H3. The van der Waals surface area contributed by atoms with Gasteiger partial charge in [0.15, 0.2) is 0 Å². The first-order valence-electron chi connectivity index (χ1n) is 6.84. The number of hydrogen-bond acceptors (Lipinski definition) is 2. The summed E-state index contributed by atoms with van der Waals surface area (Å²) in [5.74, 6) is 1.99. The molecule has 100 valence electrons. The van der Waals surface area contributed by atoms with Crippen LogP contribution in [-0.2, 0) is 0 Å². The zero-order chi connectivity index (χ0) is 13.1. The summed E-state index contributed by atoms with van der Waals surface area (Å²) in [5, 5.41) is 0. The molecule has 0 aliphatic heterocycles. The molecule has 0 saturated heterocycles. The second-order valence-electron chi connectivity index (χ2n) is 5.80. The van der Waals surface area contributed by atoms with Gasteiger partial charge in [0.2, 0.25) is 5.95 Å². The number of hydrogen-bond donors (Lipinski definition) is 0. The summed E-state index contributed by atoms with van der Waals surface area (Å²) < 4.78 is 19.1. The molecule has 3 unspecified atom stereocenters. The highest BCUT2D eigenvalue weighted by molar-refractivity contribution is 5.18. The molecule has 1 fully saturated rings. The molecule has 3 atom stereocenters. The van der Waals surface area contributed by atoms with E-state index in [1.165, 1.54) is 25.1 Å². The molecule has 0 spiro atoms. The molecule has 0 N–H and O–H groups in total. The third kappa shape index (κ3) is 3.21. The van der Waals surface area contributed by atoms with Gasteiger partial charge in [0.1, 0.15) is 11.9 Å². The van der Waals surface area contributed by atoms with E-state index >= 15 is 0 Å². The maximum atomic E-state index is 13.1. The van der Waals surface area contributed by atoms with Gasteiger partial charge in [0.25, 0.3) is 0 Å². The summed E-state index contributed by atoms with van der Waals surface area (Å²) >= 11 is 0. The summed E-state index contributed by atoms with van der Waals surface area (Å²) in [5.41, 5.74) is 0. The Balaban J connectivity index is 2.08. The minimum Gasteiger partial charge on any atom is -0.490 e. The van der Waals surface area contributed by atoms with Gasteiger partial charge in [-0.1, -0.05) is 27.2 Å². The van der Waals surface area contributed by atoms with Crippen LogP contribution in [0.3, 0.4) is 0 Å². The molecule has 2 rings (SSSR count). The average molecular weight is 251 g/mol. The lowest BCUT2D eigenvalue weighted by Crippen LogP contribution is -2.36. The Morgan fingerprint density at radius 2 is 2.17 bits per heavy atom. The number of rotatable bonds is 3. The molecule has 3 heteroatoms. The molecule has 0 amide bonds. The van der Waals surface area contributed by atoms with Crippen molar-refractivity contribution in [2.75, 3.05) is 0 Å². The highest BCUT2D eigenvalue weighted by atomic mass is 19.1. The monoisotopic (exact) mass is 251 g/mol. The van der Waals surface area contributed by atoms with Crippen molar-refractivity contribution in [3.8, 4) is 5.75 Å². The maximum absolute atomic E-state index is 13.1. The van der Waals surface area contributed by atoms with Crippen LogP contribution in [-0.4, -0.2) is 11.1 Å². The Morgan fingerprint density at radius 3 is 2.83 bits per heavy atom. The van der Waals surface area contributed by atoms with E-state index in [-0.39, 0.29) is 6.10 Å². The summed E-state index contributed by atoms with van der Waals surface area (Å²) in [4.78, 5) is 3.56. The Bertz CT molecular complexity index is 394. The van der Waals surface area contributed by atoms with Gasteiger partial charge in [-0.05, 0) is 36.7 Å². The van der Waals surface area contributed by atoms with Crippen molar-refractivity contribution in [2.45, 2.75) is 46.1 Å². The van der Waals surface area contributed by atoms with E-state index in [1.54, 1.807) is 6.07 Å². The number of aromatic nitrogens is 1. The van der Waals surface area contributed by atoms with Crippen LogP contribution < -0.4 is 4.74 Å². The summed E-state index contributed by atoms with van der Waals surface area (Å²) in [6.07, 6.45) is 5.20. The molecule has 1 heterocycles. The fourth-order valence-corrected chi connectivity index (χ4v) is 2.88. The van der Waals surface area contributed by atoms with E-state index in [2.05, 4.69) is 25.8 Å². The van der Waals surface area contributed by atoms with Crippen molar-refractivity contribution in [1.82, 2.24) is 4.98 Å². The molecule has 0 aromatic carbocycles. The molecule has 1 saturated carbocycles. The largest absolute Gasteiger partial charge is 0.490 e. The molecule has 1 aromatic heterocycles. The fraction of sp³-hybridized carbons (Fsp3) is 0.667. The minimum absolute atomic E-state index is 0.204. The minimum atomic E-state index is -0.475. The highest BCUT2D eigenvalue weighted by Crippen LogP contribution is 2.35. The first-order chi connectivity index (χ1) is 8.56. The molecule has 1 aliphatic carbocycles. The average Bonchev–Trinajstić information content (AvgIpc) is 2.28. The van der Waals surface area contributed by atoms with Gasteiger partial charge in [-0.2, -0.15) is 4.39 Å². The Labute approximate surface area is 109 Å². The molecule has 2 nitrogen and oxygen atoms in total. The SMILES string of the molecule is CC1CCC(C(C)C)C(Oc2ccnc(F)c2)C1. The van der Waals surface area contributed by atoms with Gasteiger partial charge in [0.05, 0.1) is 0 Å². The molecule has 0 radical (unpaired) electrons. The van der Waals surface area contributed by atoms with Crippen LogP contribution in [0.25, 0.3) is 0 Å². The van der Waals surface area contributed by atoms with Crippen molar-refractivity contribution in [3.63, 3.8) is 0 Å². The second-order valence-corrected chi connectivity index (χ2v) is 5.80. The maximum Gasteiger partial charge on any atom is 0.216 e. The zero-order valence-electron chi connectivity index (χ0n) is 11.4.